The standard InChI is InChI=1S/C23H30F2N4S/c1-27(18-19-5-3-2-4-6-19)20-9-13-29(14-10-20)30-21-7-8-22(26-17-21)28-15-11-23(24,25)12-16-28/h2-8,17,20H,9-16,18H2,1H3. The third kappa shape index (κ3) is 5.71. The van der Waals surface area contributed by atoms with Gasteiger partial charge in [0.25, 0.3) is 5.92 Å². The molecule has 0 N–H and O–H groups in total. The fourth-order valence-electron chi connectivity index (χ4n) is 4.20. The summed E-state index contributed by atoms with van der Waals surface area (Å²) in [5.74, 6) is -1.72. The van der Waals surface area contributed by atoms with E-state index in [1.54, 1.807) is 11.9 Å². The molecule has 0 bridgehead atoms. The van der Waals surface area contributed by atoms with E-state index in [2.05, 4.69) is 57.6 Å². The summed E-state index contributed by atoms with van der Waals surface area (Å²) >= 11 is 1.75. The summed E-state index contributed by atoms with van der Waals surface area (Å²) in [6, 6.07) is 15.3. The third-order valence-corrected chi connectivity index (χ3v) is 7.17. The van der Waals surface area contributed by atoms with Crippen LogP contribution in [0.4, 0.5) is 14.6 Å². The first-order valence-electron chi connectivity index (χ1n) is 10.7. The average Bonchev–Trinajstić information content (AvgIpc) is 2.76. The molecule has 4 rings (SSSR count). The molecule has 2 saturated heterocycles. The zero-order valence-corrected chi connectivity index (χ0v) is 18.3. The summed E-state index contributed by atoms with van der Waals surface area (Å²) < 4.78 is 29.1. The van der Waals surface area contributed by atoms with Gasteiger partial charge in [-0.15, -0.1) is 0 Å². The molecule has 1 aromatic heterocycles. The molecule has 7 heteroatoms. The molecule has 0 aliphatic carbocycles. The second-order valence-electron chi connectivity index (χ2n) is 8.35. The van der Waals surface area contributed by atoms with E-state index < -0.39 is 5.92 Å². The van der Waals surface area contributed by atoms with Crippen LogP contribution in [0.5, 0.6) is 0 Å². The Morgan fingerprint density at radius 1 is 1.03 bits per heavy atom. The first-order chi connectivity index (χ1) is 14.5. The van der Waals surface area contributed by atoms with Crippen LogP contribution in [0.2, 0.25) is 0 Å². The van der Waals surface area contributed by atoms with Gasteiger partial charge in [-0.05, 0) is 49.5 Å². The number of anilines is 1. The van der Waals surface area contributed by atoms with Gasteiger partial charge in [0.1, 0.15) is 5.82 Å². The van der Waals surface area contributed by atoms with Crippen molar-refractivity contribution in [3.63, 3.8) is 0 Å². The van der Waals surface area contributed by atoms with Gasteiger partial charge in [0, 0.05) is 62.7 Å². The fraction of sp³-hybridized carbons (Fsp3) is 0.522. The molecular formula is C23H30F2N4S. The zero-order valence-electron chi connectivity index (χ0n) is 17.5. The second kappa shape index (κ2) is 9.62. The van der Waals surface area contributed by atoms with Crippen molar-refractivity contribution >= 4 is 17.8 Å². The van der Waals surface area contributed by atoms with Crippen LogP contribution in [-0.4, -0.2) is 59.4 Å². The predicted octanol–water partition coefficient (Wildman–Crippen LogP) is 4.92. The quantitative estimate of drug-likeness (QED) is 0.603. The molecule has 0 atom stereocenters. The van der Waals surface area contributed by atoms with E-state index in [9.17, 15) is 8.78 Å². The number of pyridine rings is 1. The number of halogens is 2. The Morgan fingerprint density at radius 3 is 2.37 bits per heavy atom. The minimum absolute atomic E-state index is 0.0845. The van der Waals surface area contributed by atoms with Crippen LogP contribution in [0.3, 0.4) is 0 Å². The van der Waals surface area contributed by atoms with Crippen molar-refractivity contribution in [2.75, 3.05) is 38.1 Å². The van der Waals surface area contributed by atoms with Gasteiger partial charge in [-0.1, -0.05) is 30.3 Å². The van der Waals surface area contributed by atoms with Gasteiger partial charge in [-0.25, -0.2) is 18.1 Å². The molecule has 2 aliphatic rings. The van der Waals surface area contributed by atoms with E-state index in [0.29, 0.717) is 19.1 Å². The zero-order chi connectivity index (χ0) is 21.0. The maximum absolute atomic E-state index is 13.3. The molecule has 1 aromatic carbocycles. The van der Waals surface area contributed by atoms with Crippen molar-refractivity contribution in [2.24, 2.45) is 0 Å². The molecular weight excluding hydrogens is 402 g/mol. The molecule has 162 valence electrons. The monoisotopic (exact) mass is 432 g/mol. The summed E-state index contributed by atoms with van der Waals surface area (Å²) in [7, 11) is 2.22. The van der Waals surface area contributed by atoms with Crippen LogP contribution < -0.4 is 4.90 Å². The lowest BCUT2D eigenvalue weighted by molar-refractivity contribution is -0.0221. The van der Waals surface area contributed by atoms with Gasteiger partial charge in [0.05, 0.1) is 0 Å². The number of rotatable bonds is 6. The lowest BCUT2D eigenvalue weighted by Crippen LogP contribution is -2.40. The molecule has 2 aromatic rings. The Bertz CT molecular complexity index is 785. The highest BCUT2D eigenvalue weighted by Crippen LogP contribution is 2.31. The number of alkyl halides is 2. The molecule has 30 heavy (non-hydrogen) atoms. The smallest absolute Gasteiger partial charge is 0.251 e. The highest BCUT2D eigenvalue weighted by atomic mass is 32.2. The molecule has 0 radical (unpaired) electrons. The van der Waals surface area contributed by atoms with Gasteiger partial charge < -0.3 is 4.90 Å². The summed E-state index contributed by atoms with van der Waals surface area (Å²) in [6.07, 6.45) is 4.02. The first kappa shape index (κ1) is 21.5. The topological polar surface area (TPSA) is 22.6 Å². The molecule has 3 heterocycles. The molecule has 0 saturated carbocycles. The van der Waals surface area contributed by atoms with Crippen LogP contribution >= 0.6 is 11.9 Å². The van der Waals surface area contributed by atoms with E-state index in [1.165, 1.54) is 5.56 Å². The van der Waals surface area contributed by atoms with Crippen molar-refractivity contribution in [2.45, 2.75) is 49.1 Å². The van der Waals surface area contributed by atoms with E-state index in [0.717, 1.165) is 43.2 Å². The van der Waals surface area contributed by atoms with Gasteiger partial charge in [0.15, 0.2) is 0 Å². The van der Waals surface area contributed by atoms with Gasteiger partial charge in [-0.3, -0.25) is 4.90 Å². The summed E-state index contributed by atoms with van der Waals surface area (Å²) in [6.45, 7) is 3.84. The maximum atomic E-state index is 13.3. The van der Waals surface area contributed by atoms with Crippen molar-refractivity contribution in [3.8, 4) is 0 Å². The van der Waals surface area contributed by atoms with E-state index in [4.69, 9.17) is 0 Å². The molecule has 2 aliphatic heterocycles. The second-order valence-corrected chi connectivity index (χ2v) is 9.52. The van der Waals surface area contributed by atoms with Crippen molar-refractivity contribution in [1.82, 2.24) is 14.2 Å². The van der Waals surface area contributed by atoms with Crippen LogP contribution in [0, 0.1) is 0 Å². The summed E-state index contributed by atoms with van der Waals surface area (Å²) in [5, 5.41) is 0. The number of piperidine rings is 2. The molecule has 2 fully saturated rings. The number of aromatic nitrogens is 1. The summed E-state index contributed by atoms with van der Waals surface area (Å²) in [5.41, 5.74) is 1.36. The molecule has 0 spiro atoms. The van der Waals surface area contributed by atoms with E-state index in [1.807, 2.05) is 17.2 Å². The normalized spacial score (nSPS) is 20.6. The number of nitrogens with zero attached hydrogens (tertiary/aromatic N) is 4. The van der Waals surface area contributed by atoms with Gasteiger partial charge in [0.2, 0.25) is 0 Å². The molecule has 4 nitrogen and oxygen atoms in total. The Balaban J connectivity index is 1.23. The van der Waals surface area contributed by atoms with Gasteiger partial charge in [-0.2, -0.15) is 0 Å². The van der Waals surface area contributed by atoms with Crippen LogP contribution in [0.25, 0.3) is 0 Å². The fourth-order valence-corrected chi connectivity index (χ4v) is 5.12. The van der Waals surface area contributed by atoms with Crippen LogP contribution in [-0.2, 0) is 6.54 Å². The largest absolute Gasteiger partial charge is 0.356 e. The van der Waals surface area contributed by atoms with Crippen molar-refractivity contribution in [1.29, 1.82) is 0 Å². The Kier molecular flexibility index (Phi) is 6.91. The van der Waals surface area contributed by atoms with E-state index >= 15 is 0 Å². The number of hydrogen-bond donors (Lipinski definition) is 0. The highest BCUT2D eigenvalue weighted by Gasteiger charge is 2.34. The van der Waals surface area contributed by atoms with E-state index in [-0.39, 0.29) is 12.8 Å². The number of hydrogen-bond acceptors (Lipinski definition) is 5. The summed E-state index contributed by atoms with van der Waals surface area (Å²) in [4.78, 5) is 10.1. The minimum atomic E-state index is -2.52. The lowest BCUT2D eigenvalue weighted by atomic mass is 10.0. The van der Waals surface area contributed by atoms with Crippen LogP contribution in [0.1, 0.15) is 31.2 Å². The molecule has 0 amide bonds. The highest BCUT2D eigenvalue weighted by molar-refractivity contribution is 7.97. The minimum Gasteiger partial charge on any atom is -0.356 e. The predicted molar refractivity (Wildman–Crippen MR) is 119 cm³/mol. The third-order valence-electron chi connectivity index (χ3n) is 6.10. The first-order valence-corrected chi connectivity index (χ1v) is 11.5. The average molecular weight is 433 g/mol. The number of benzene rings is 1. The Labute approximate surface area is 182 Å². The Morgan fingerprint density at radius 2 is 1.73 bits per heavy atom. The Hall–Kier alpha value is -1.70. The van der Waals surface area contributed by atoms with Crippen molar-refractivity contribution < 1.29 is 8.78 Å². The van der Waals surface area contributed by atoms with Crippen LogP contribution in [0.15, 0.2) is 53.6 Å². The van der Waals surface area contributed by atoms with Gasteiger partial charge >= 0.3 is 0 Å². The lowest BCUT2D eigenvalue weighted by Gasteiger charge is -2.36. The van der Waals surface area contributed by atoms with Crippen molar-refractivity contribution in [3.05, 3.63) is 54.2 Å². The maximum Gasteiger partial charge on any atom is 0.251 e. The SMILES string of the molecule is CN(Cc1ccccc1)C1CCN(Sc2ccc(N3CCC(F)(F)CC3)nc2)CC1. The molecule has 0 unspecified atom stereocenters.